The van der Waals surface area contributed by atoms with Crippen molar-refractivity contribution in [2.24, 2.45) is 0 Å². The first kappa shape index (κ1) is 7.75. The Kier molecular flexibility index (Phi) is 1.86. The van der Waals surface area contributed by atoms with Crippen LogP contribution in [0.4, 0.5) is 5.82 Å². The molecule has 0 spiro atoms. The number of hydrogen-bond acceptors (Lipinski definition) is 5. The molecular weight excluding hydrogens is 242 g/mol. The highest BCUT2D eigenvalue weighted by molar-refractivity contribution is 9.11. The zero-order chi connectivity index (χ0) is 8.55. The Morgan fingerprint density at radius 2 is 2.25 bits per heavy atom. The van der Waals surface area contributed by atoms with Gasteiger partial charge in [-0.15, -0.1) is 11.3 Å². The average Bonchev–Trinajstić information content (AvgIpc) is 2.58. The minimum Gasteiger partial charge on any atom is -0.379 e. The van der Waals surface area contributed by atoms with E-state index in [4.69, 9.17) is 5.73 Å². The zero-order valence-electron chi connectivity index (χ0n) is 5.82. The smallest absolute Gasteiger partial charge is 0.197 e. The number of nitrogens with two attached hydrogens (primary N) is 1. The van der Waals surface area contributed by atoms with Crippen LogP contribution >= 0.6 is 27.3 Å². The summed E-state index contributed by atoms with van der Waals surface area (Å²) in [7, 11) is 0. The van der Waals surface area contributed by atoms with E-state index in [9.17, 15) is 0 Å². The van der Waals surface area contributed by atoms with E-state index in [1.807, 2.05) is 12.1 Å². The maximum absolute atomic E-state index is 5.51. The molecule has 2 N–H and O–H groups in total. The first-order valence-electron chi connectivity index (χ1n) is 3.11. The molecule has 2 aromatic rings. The van der Waals surface area contributed by atoms with Crippen molar-refractivity contribution >= 4 is 33.1 Å². The molecule has 0 unspecified atom stereocenters. The Labute approximate surface area is 80.5 Å². The van der Waals surface area contributed by atoms with Crippen molar-refractivity contribution in [1.29, 1.82) is 0 Å². The first-order valence-corrected chi connectivity index (χ1v) is 4.72. The van der Waals surface area contributed by atoms with Gasteiger partial charge in [0.1, 0.15) is 0 Å². The lowest BCUT2D eigenvalue weighted by molar-refractivity contribution is 0.310. The van der Waals surface area contributed by atoms with Crippen molar-refractivity contribution in [2.45, 2.75) is 0 Å². The fourth-order valence-corrected chi connectivity index (χ4v) is 2.18. The fourth-order valence-electron chi connectivity index (χ4n) is 0.808. The van der Waals surface area contributed by atoms with Gasteiger partial charge in [-0.25, -0.2) is 4.63 Å². The second-order valence-electron chi connectivity index (χ2n) is 2.10. The van der Waals surface area contributed by atoms with Gasteiger partial charge in [0.25, 0.3) is 0 Å². The van der Waals surface area contributed by atoms with E-state index < -0.39 is 0 Å². The van der Waals surface area contributed by atoms with E-state index in [-0.39, 0.29) is 0 Å². The molecule has 12 heavy (non-hydrogen) atoms. The molecule has 0 aliphatic rings. The van der Waals surface area contributed by atoms with Crippen LogP contribution in [0.2, 0.25) is 0 Å². The van der Waals surface area contributed by atoms with Crippen LogP contribution in [0.25, 0.3) is 10.6 Å². The van der Waals surface area contributed by atoms with Crippen LogP contribution in [0.3, 0.4) is 0 Å². The SMILES string of the molecule is Nc1nonc1-c1ccc(Br)s1. The summed E-state index contributed by atoms with van der Waals surface area (Å²) in [5.41, 5.74) is 6.11. The molecule has 0 fully saturated rings. The summed E-state index contributed by atoms with van der Waals surface area (Å²) >= 11 is 4.87. The summed E-state index contributed by atoms with van der Waals surface area (Å²) in [5, 5.41) is 7.16. The Morgan fingerprint density at radius 3 is 2.75 bits per heavy atom. The summed E-state index contributed by atoms with van der Waals surface area (Å²) in [6.07, 6.45) is 0. The summed E-state index contributed by atoms with van der Waals surface area (Å²) < 4.78 is 5.50. The molecular formula is C6H4BrN3OS. The van der Waals surface area contributed by atoms with Gasteiger partial charge in [-0.3, -0.25) is 0 Å². The van der Waals surface area contributed by atoms with Crippen molar-refractivity contribution < 1.29 is 4.63 Å². The molecule has 0 saturated heterocycles. The van der Waals surface area contributed by atoms with E-state index in [0.717, 1.165) is 8.66 Å². The standard InChI is InChI=1S/C6H4BrN3OS/c7-4-2-1-3(12-4)5-6(8)10-11-9-5/h1-2H,(H2,8,10). The van der Waals surface area contributed by atoms with Gasteiger partial charge in [-0.05, 0) is 38.4 Å². The second kappa shape index (κ2) is 2.87. The number of thiophene rings is 1. The van der Waals surface area contributed by atoms with Crippen LogP contribution in [-0.4, -0.2) is 10.3 Å². The molecule has 0 radical (unpaired) electrons. The quantitative estimate of drug-likeness (QED) is 0.837. The molecule has 4 nitrogen and oxygen atoms in total. The van der Waals surface area contributed by atoms with Crippen LogP contribution in [-0.2, 0) is 0 Å². The van der Waals surface area contributed by atoms with Gasteiger partial charge in [0, 0.05) is 0 Å². The molecule has 0 amide bonds. The molecule has 6 heteroatoms. The number of nitrogen functional groups attached to an aromatic ring is 1. The highest BCUT2D eigenvalue weighted by Crippen LogP contribution is 2.32. The van der Waals surface area contributed by atoms with Crippen LogP contribution in [0.1, 0.15) is 0 Å². The van der Waals surface area contributed by atoms with Gasteiger partial charge >= 0.3 is 0 Å². The van der Waals surface area contributed by atoms with Gasteiger partial charge in [0.05, 0.1) is 8.66 Å². The third-order valence-electron chi connectivity index (χ3n) is 1.32. The Balaban J connectivity index is 2.50. The highest BCUT2D eigenvalue weighted by atomic mass is 79.9. The number of rotatable bonds is 1. The Hall–Kier alpha value is -0.880. The van der Waals surface area contributed by atoms with Crippen molar-refractivity contribution in [1.82, 2.24) is 10.3 Å². The van der Waals surface area contributed by atoms with Crippen LogP contribution in [0.5, 0.6) is 0 Å². The molecule has 0 aliphatic heterocycles. The van der Waals surface area contributed by atoms with Crippen LogP contribution in [0.15, 0.2) is 20.5 Å². The van der Waals surface area contributed by atoms with Crippen LogP contribution in [0, 0.1) is 0 Å². The molecule has 2 aromatic heterocycles. The molecule has 0 aromatic carbocycles. The van der Waals surface area contributed by atoms with Gasteiger partial charge in [-0.1, -0.05) is 0 Å². The first-order chi connectivity index (χ1) is 5.77. The third kappa shape index (κ3) is 1.23. The van der Waals surface area contributed by atoms with Gasteiger partial charge in [0.2, 0.25) is 0 Å². The summed E-state index contributed by atoms with van der Waals surface area (Å²) in [4.78, 5) is 0.945. The van der Waals surface area contributed by atoms with Gasteiger partial charge in [0.15, 0.2) is 11.5 Å². The predicted molar refractivity (Wildman–Crippen MR) is 49.7 cm³/mol. The topological polar surface area (TPSA) is 64.9 Å². The van der Waals surface area contributed by atoms with Crippen LogP contribution < -0.4 is 5.73 Å². The monoisotopic (exact) mass is 245 g/mol. The van der Waals surface area contributed by atoms with E-state index in [2.05, 4.69) is 30.9 Å². The molecule has 2 rings (SSSR count). The Morgan fingerprint density at radius 1 is 1.42 bits per heavy atom. The van der Waals surface area contributed by atoms with Crippen molar-refractivity contribution in [2.75, 3.05) is 5.73 Å². The maximum Gasteiger partial charge on any atom is 0.197 e. The van der Waals surface area contributed by atoms with E-state index in [1.54, 1.807) is 0 Å². The number of hydrogen-bond donors (Lipinski definition) is 1. The van der Waals surface area contributed by atoms with Gasteiger partial charge in [-0.2, -0.15) is 0 Å². The fraction of sp³-hybridized carbons (Fsp3) is 0. The number of halogens is 1. The lowest BCUT2D eigenvalue weighted by Gasteiger charge is -1.85. The number of nitrogens with zero attached hydrogens (tertiary/aromatic N) is 2. The molecule has 0 bridgehead atoms. The average molecular weight is 246 g/mol. The minimum atomic E-state index is 0.323. The van der Waals surface area contributed by atoms with Crippen molar-refractivity contribution in [3.63, 3.8) is 0 Å². The second-order valence-corrected chi connectivity index (χ2v) is 4.56. The Bertz CT molecular complexity index is 397. The normalized spacial score (nSPS) is 10.4. The van der Waals surface area contributed by atoms with Crippen molar-refractivity contribution in [3.05, 3.63) is 15.9 Å². The molecule has 0 saturated carbocycles. The summed E-state index contributed by atoms with van der Waals surface area (Å²) in [6, 6.07) is 3.83. The summed E-state index contributed by atoms with van der Waals surface area (Å²) in [6.45, 7) is 0. The molecule has 2 heterocycles. The largest absolute Gasteiger partial charge is 0.379 e. The number of anilines is 1. The maximum atomic E-state index is 5.51. The zero-order valence-corrected chi connectivity index (χ0v) is 8.22. The highest BCUT2D eigenvalue weighted by Gasteiger charge is 2.10. The molecule has 0 atom stereocenters. The number of aromatic nitrogens is 2. The molecule has 0 aliphatic carbocycles. The van der Waals surface area contributed by atoms with Crippen molar-refractivity contribution in [3.8, 4) is 10.6 Å². The lowest BCUT2D eigenvalue weighted by Crippen LogP contribution is -1.85. The summed E-state index contributed by atoms with van der Waals surface area (Å²) in [5.74, 6) is 0.323. The molecule has 62 valence electrons. The lowest BCUT2D eigenvalue weighted by atomic mass is 10.3. The van der Waals surface area contributed by atoms with E-state index in [0.29, 0.717) is 11.5 Å². The van der Waals surface area contributed by atoms with E-state index >= 15 is 0 Å². The van der Waals surface area contributed by atoms with E-state index in [1.165, 1.54) is 11.3 Å². The minimum absolute atomic E-state index is 0.323. The third-order valence-corrected chi connectivity index (χ3v) is 2.95. The van der Waals surface area contributed by atoms with Gasteiger partial charge < -0.3 is 5.73 Å². The predicted octanol–water partition coefficient (Wildman–Crippen LogP) is 2.14.